The molecule has 0 bridgehead atoms. The van der Waals surface area contributed by atoms with Gasteiger partial charge in [0.25, 0.3) is 0 Å². The number of fused-ring (bicyclic) bond motifs is 4. The van der Waals surface area contributed by atoms with Gasteiger partial charge in [-0.1, -0.05) is 32.9 Å². The molecule has 6 aromatic carbocycles. The fraction of sp³-hybridized carbons (Fsp3) is 0.0870. The third-order valence-electron chi connectivity index (χ3n) is 9.71. The molecule has 52 heavy (non-hydrogen) atoms. The van der Waals surface area contributed by atoms with Gasteiger partial charge in [0.05, 0.1) is 0 Å². The van der Waals surface area contributed by atoms with Crippen molar-refractivity contribution < 1.29 is 24.1 Å². The van der Waals surface area contributed by atoms with Crippen LogP contribution in [0.1, 0.15) is 26.3 Å². The molecule has 0 radical (unpaired) electrons. The summed E-state index contributed by atoms with van der Waals surface area (Å²) in [6.07, 6.45) is 1.92. The molecule has 256 valence electrons. The first-order valence-electron chi connectivity index (χ1n) is 17.5. The first-order valence-corrected chi connectivity index (χ1v) is 18.6. The Bertz CT molecular complexity index is 2840. The van der Waals surface area contributed by atoms with E-state index in [0.717, 1.165) is 59.9 Å². The van der Waals surface area contributed by atoms with Gasteiger partial charge in [-0.15, -0.1) is 0 Å². The summed E-state index contributed by atoms with van der Waals surface area (Å²) < 4.78 is 14.6. The van der Waals surface area contributed by atoms with Crippen molar-refractivity contribution in [2.45, 2.75) is 26.2 Å². The van der Waals surface area contributed by atoms with E-state index in [2.05, 4.69) is 205 Å². The molecule has 0 aliphatic heterocycles. The topological polar surface area (TPSA) is 36.9 Å². The second-order valence-corrected chi connectivity index (χ2v) is 15.1. The maximum absolute atomic E-state index is 6.67. The molecule has 0 unspecified atom stereocenters. The number of para-hydroxylation sites is 3. The Hall–Kier alpha value is -5.77. The molecule has 0 amide bonds. The van der Waals surface area contributed by atoms with E-state index in [-0.39, 0.29) is 5.41 Å². The average molecular weight is 856 g/mol. The monoisotopic (exact) mass is 855 g/mol. The molecule has 6 heteroatoms. The van der Waals surface area contributed by atoms with Crippen LogP contribution in [0.25, 0.3) is 61.2 Å². The van der Waals surface area contributed by atoms with Gasteiger partial charge in [0.15, 0.2) is 0 Å². The standard InChI is InChI=1S/C46H36N4O.Pt/c1-46(2,3)34-25-26-47-45(28-34)50-41-20-8-7-19-39(41)40-24-23-38(30-44(40)50)51-37-18-12-17-36(29-37)49-31-48(42-21-9-10-22-43(42)49)35-16-11-15-33(27-35)32-13-5-4-6-14-32;/h4-30H,1-3H3;. The number of pyridine rings is 1. The minimum absolute atomic E-state index is 0.00408. The van der Waals surface area contributed by atoms with Crippen molar-refractivity contribution in [3.8, 4) is 39.8 Å². The molecule has 3 heterocycles. The molecule has 0 aliphatic carbocycles. The minimum atomic E-state index is 0.00408. The van der Waals surface area contributed by atoms with Gasteiger partial charge in [-0.3, -0.25) is 0 Å². The van der Waals surface area contributed by atoms with Crippen molar-refractivity contribution in [1.82, 2.24) is 18.7 Å². The molecule has 0 aliphatic rings. The number of nitrogens with zero attached hydrogens (tertiary/aromatic N) is 4. The van der Waals surface area contributed by atoms with Crippen molar-refractivity contribution in [2.75, 3.05) is 0 Å². The van der Waals surface area contributed by atoms with Gasteiger partial charge in [0, 0.05) is 6.20 Å². The molecule has 0 saturated heterocycles. The molecular formula is C46H36N4OPt. The molecule has 9 rings (SSSR count). The van der Waals surface area contributed by atoms with Crippen molar-refractivity contribution in [3.05, 3.63) is 173 Å². The van der Waals surface area contributed by atoms with Crippen LogP contribution in [0.3, 0.4) is 0 Å². The summed E-state index contributed by atoms with van der Waals surface area (Å²) in [5.41, 5.74) is 10.2. The summed E-state index contributed by atoms with van der Waals surface area (Å²) in [6, 6.07) is 55.4. The molecule has 0 spiro atoms. The van der Waals surface area contributed by atoms with E-state index in [0.29, 0.717) is 0 Å². The number of hydrogen-bond acceptors (Lipinski definition) is 2. The normalized spacial score (nSPS) is 11.9. The van der Waals surface area contributed by atoms with Crippen molar-refractivity contribution in [1.29, 1.82) is 0 Å². The third kappa shape index (κ3) is 5.62. The Balaban J connectivity index is 1.13. The Morgan fingerprint density at radius 3 is 1.87 bits per heavy atom. The summed E-state index contributed by atoms with van der Waals surface area (Å²) in [5.74, 6) is 2.43. The Kier molecular flexibility index (Phi) is 7.90. The van der Waals surface area contributed by atoms with E-state index in [9.17, 15) is 0 Å². The number of rotatable bonds is 6. The summed E-state index contributed by atoms with van der Waals surface area (Å²) in [5, 5.41) is 2.35. The van der Waals surface area contributed by atoms with Gasteiger partial charge >= 0.3 is 259 Å². The van der Waals surface area contributed by atoms with Crippen molar-refractivity contribution in [2.24, 2.45) is 0 Å². The second kappa shape index (κ2) is 12.8. The zero-order chi connectivity index (χ0) is 35.4. The van der Waals surface area contributed by atoms with Gasteiger partial charge in [0.1, 0.15) is 0 Å². The molecule has 9 aromatic rings. The van der Waals surface area contributed by atoms with Gasteiger partial charge in [-0.25, -0.2) is 0 Å². The van der Waals surface area contributed by atoms with Crippen LogP contribution in [0.15, 0.2) is 164 Å². The van der Waals surface area contributed by atoms with Crippen LogP contribution in [0.2, 0.25) is 0 Å². The summed E-state index contributed by atoms with van der Waals surface area (Å²) >= 11 is 2.45. The molecular weight excluding hydrogens is 820 g/mol. The van der Waals surface area contributed by atoms with Crippen LogP contribution in [-0.2, 0) is 24.8 Å². The first kappa shape index (κ1) is 32.2. The molecule has 5 nitrogen and oxygen atoms in total. The van der Waals surface area contributed by atoms with Gasteiger partial charge in [0.2, 0.25) is 0 Å². The zero-order valence-electron chi connectivity index (χ0n) is 29.1. The SMILES string of the molecule is CC(C)(C)c1ccnc(-n2c3ccccc3c3ccc(Oc4cccc(-n5[c](=[Pt])n(-c6cccc(-c7ccccc7)c6)c6ccccc65)c4)cc32)c1. The third-order valence-corrected chi connectivity index (χ3v) is 10.7. The molecule has 3 aromatic heterocycles. The van der Waals surface area contributed by atoms with E-state index in [1.807, 2.05) is 12.3 Å². The fourth-order valence-electron chi connectivity index (χ4n) is 7.15. The number of benzene rings is 6. The van der Waals surface area contributed by atoms with Crippen LogP contribution in [-0.4, -0.2) is 18.7 Å². The maximum atomic E-state index is 6.67. The number of aromatic nitrogens is 4. The first-order chi connectivity index (χ1) is 25.3. The fourth-order valence-corrected chi connectivity index (χ4v) is 8.28. The van der Waals surface area contributed by atoms with Crippen LogP contribution in [0, 0.1) is 3.80 Å². The van der Waals surface area contributed by atoms with Crippen LogP contribution in [0.5, 0.6) is 11.5 Å². The molecule has 0 atom stereocenters. The van der Waals surface area contributed by atoms with E-state index in [1.54, 1.807) is 0 Å². The number of imidazole rings is 1. The molecule has 0 saturated carbocycles. The summed E-state index contributed by atoms with van der Waals surface area (Å²) in [6.45, 7) is 6.70. The molecule has 0 N–H and O–H groups in total. The van der Waals surface area contributed by atoms with Gasteiger partial charge in [-0.2, -0.15) is 0 Å². The summed E-state index contributed by atoms with van der Waals surface area (Å²) in [4.78, 5) is 4.85. The van der Waals surface area contributed by atoms with E-state index < -0.39 is 0 Å². The van der Waals surface area contributed by atoms with Gasteiger partial charge in [-0.05, 0) is 17.0 Å². The van der Waals surface area contributed by atoms with Crippen LogP contribution >= 0.6 is 0 Å². The summed E-state index contributed by atoms with van der Waals surface area (Å²) in [7, 11) is 0. The predicted octanol–water partition coefficient (Wildman–Crippen LogP) is 11.7. The van der Waals surface area contributed by atoms with Crippen molar-refractivity contribution in [3.63, 3.8) is 0 Å². The number of hydrogen-bond donors (Lipinski definition) is 0. The molecule has 0 fully saturated rings. The van der Waals surface area contributed by atoms with E-state index in [4.69, 9.17) is 9.72 Å². The Labute approximate surface area is 313 Å². The van der Waals surface area contributed by atoms with Crippen LogP contribution in [0.4, 0.5) is 0 Å². The van der Waals surface area contributed by atoms with E-state index in [1.165, 1.54) is 22.1 Å². The Morgan fingerprint density at radius 1 is 0.500 bits per heavy atom. The van der Waals surface area contributed by atoms with Gasteiger partial charge < -0.3 is 0 Å². The zero-order valence-corrected chi connectivity index (χ0v) is 31.4. The van der Waals surface area contributed by atoms with Crippen LogP contribution < -0.4 is 4.74 Å². The quantitative estimate of drug-likeness (QED) is 0.167. The average Bonchev–Trinajstić information content (AvgIpc) is 3.66. The second-order valence-electron chi connectivity index (χ2n) is 14.1. The predicted molar refractivity (Wildman–Crippen MR) is 209 cm³/mol. The van der Waals surface area contributed by atoms with E-state index >= 15 is 0 Å². The Morgan fingerprint density at radius 2 is 1.12 bits per heavy atom. The van der Waals surface area contributed by atoms with Crippen molar-refractivity contribution >= 4 is 32.8 Å². The number of ether oxygens (including phenoxy) is 1.